The van der Waals surface area contributed by atoms with Crippen molar-refractivity contribution >= 4 is 65.0 Å². The lowest BCUT2D eigenvalue weighted by Crippen LogP contribution is -2.00. The fraction of sp³-hybridized carbons (Fsp3) is 0. The van der Waals surface area contributed by atoms with Crippen LogP contribution < -0.4 is 0 Å². The fourth-order valence-corrected chi connectivity index (χ4v) is 9.72. The van der Waals surface area contributed by atoms with Gasteiger partial charge < -0.3 is 4.42 Å². The van der Waals surface area contributed by atoms with Crippen molar-refractivity contribution in [3.8, 4) is 67.5 Å². The van der Waals surface area contributed by atoms with Gasteiger partial charge in [0.1, 0.15) is 11.2 Å². The second-order valence-corrected chi connectivity index (χ2v) is 16.7. The number of fused-ring (bicyclic) bond motifs is 11. The van der Waals surface area contributed by atoms with Crippen LogP contribution in [0.1, 0.15) is 0 Å². The smallest absolute Gasteiger partial charge is 0.164 e. The molecule has 0 radical (unpaired) electrons. The van der Waals surface area contributed by atoms with Crippen molar-refractivity contribution in [2.45, 2.75) is 0 Å². The Bertz CT molecular complexity index is 3950. The summed E-state index contributed by atoms with van der Waals surface area (Å²) in [6.45, 7) is 0. The Labute approximate surface area is 374 Å². The summed E-state index contributed by atoms with van der Waals surface area (Å²) in [7, 11) is 0. The van der Waals surface area contributed by atoms with Gasteiger partial charge in [-0.1, -0.05) is 194 Å². The predicted molar refractivity (Wildman–Crippen MR) is 270 cm³/mol. The highest BCUT2D eigenvalue weighted by atomic mass is 16.3. The quantitative estimate of drug-likeness (QED) is 0.157. The molecule has 302 valence electrons. The van der Waals surface area contributed by atoms with Gasteiger partial charge in [0.05, 0.1) is 0 Å². The molecule has 2 heterocycles. The monoisotopic (exact) mass is 827 g/mol. The van der Waals surface area contributed by atoms with Gasteiger partial charge in [0.2, 0.25) is 0 Å². The lowest BCUT2D eigenvalue weighted by molar-refractivity contribution is 0.673. The first-order valence-electron chi connectivity index (χ1n) is 22.0. The zero-order valence-corrected chi connectivity index (χ0v) is 35.1. The van der Waals surface area contributed by atoms with Crippen LogP contribution in [0.2, 0.25) is 0 Å². The van der Waals surface area contributed by atoms with E-state index in [1.807, 2.05) is 36.4 Å². The maximum absolute atomic E-state index is 6.81. The summed E-state index contributed by atoms with van der Waals surface area (Å²) in [5.74, 6) is 1.88. The molecule has 0 spiro atoms. The lowest BCUT2D eigenvalue weighted by Gasteiger charge is -2.13. The van der Waals surface area contributed by atoms with Crippen LogP contribution >= 0.6 is 0 Å². The van der Waals surface area contributed by atoms with Crippen molar-refractivity contribution in [2.24, 2.45) is 0 Å². The molecule has 11 aromatic carbocycles. The first-order chi connectivity index (χ1) is 32.2. The van der Waals surface area contributed by atoms with Crippen molar-refractivity contribution in [3.63, 3.8) is 0 Å². The Morgan fingerprint density at radius 2 is 0.662 bits per heavy atom. The minimum absolute atomic E-state index is 0.619. The van der Waals surface area contributed by atoms with Crippen LogP contribution in [0.25, 0.3) is 133 Å². The molecule has 2 aromatic heterocycles. The number of nitrogens with zero attached hydrogens (tertiary/aromatic N) is 3. The number of hydrogen-bond acceptors (Lipinski definition) is 4. The van der Waals surface area contributed by atoms with Crippen LogP contribution in [0.3, 0.4) is 0 Å². The van der Waals surface area contributed by atoms with Gasteiger partial charge in [-0.05, 0) is 101 Å². The highest BCUT2D eigenvalue weighted by Gasteiger charge is 2.18. The molecular weight excluding hydrogens is 791 g/mol. The molecule has 0 fully saturated rings. The maximum Gasteiger partial charge on any atom is 0.164 e. The predicted octanol–water partition coefficient (Wildman–Crippen LogP) is 16.4. The molecule has 0 bridgehead atoms. The minimum Gasteiger partial charge on any atom is -0.455 e. The first-order valence-corrected chi connectivity index (χ1v) is 22.0. The van der Waals surface area contributed by atoms with Gasteiger partial charge in [-0.3, -0.25) is 0 Å². The van der Waals surface area contributed by atoms with E-state index < -0.39 is 0 Å². The summed E-state index contributed by atoms with van der Waals surface area (Å²) in [5, 5.41) is 12.1. The summed E-state index contributed by atoms with van der Waals surface area (Å²) in [6, 6.07) is 79.4. The molecular formula is C61H37N3O. The second-order valence-electron chi connectivity index (χ2n) is 16.7. The Hall–Kier alpha value is -8.73. The third-order valence-corrected chi connectivity index (χ3v) is 12.9. The maximum atomic E-state index is 6.81. The fourth-order valence-electron chi connectivity index (χ4n) is 9.72. The van der Waals surface area contributed by atoms with Gasteiger partial charge in [0, 0.05) is 32.8 Å². The molecule has 0 saturated heterocycles. The molecule has 0 unspecified atom stereocenters. The molecule has 4 heteroatoms. The molecule has 0 aliphatic carbocycles. The normalized spacial score (nSPS) is 11.7. The summed E-state index contributed by atoms with van der Waals surface area (Å²) in [6.07, 6.45) is 0. The Balaban J connectivity index is 0.888. The zero-order chi connectivity index (χ0) is 42.8. The summed E-state index contributed by atoms with van der Waals surface area (Å²) in [5.41, 5.74) is 11.3. The summed E-state index contributed by atoms with van der Waals surface area (Å²) in [4.78, 5) is 15.1. The molecule has 0 saturated carbocycles. The van der Waals surface area contributed by atoms with Crippen molar-refractivity contribution in [3.05, 3.63) is 224 Å². The Kier molecular flexibility index (Phi) is 8.50. The molecule has 65 heavy (non-hydrogen) atoms. The standard InChI is InChI=1S/C61H37N3O/c1-3-14-38(15-4-1)42-18-13-19-45(34-42)61-63-59(40-16-5-2-6-17-40)62-60(64-61)41-28-26-39(27-29-41)43-30-33-52-56-37-54(50-24-11-12-25-53(50)58(56)65-57(52)36-43)44-31-32-51-48-22-8-7-20-46(48)47-21-9-10-23-49(47)55(51)35-44/h1-37H. The van der Waals surface area contributed by atoms with E-state index in [2.05, 4.69) is 188 Å². The number of aromatic nitrogens is 3. The van der Waals surface area contributed by atoms with E-state index in [1.165, 1.54) is 48.8 Å². The average molecular weight is 828 g/mol. The molecule has 0 N–H and O–H groups in total. The van der Waals surface area contributed by atoms with Crippen LogP contribution in [-0.4, -0.2) is 15.0 Å². The minimum atomic E-state index is 0.619. The molecule has 0 atom stereocenters. The molecule has 4 nitrogen and oxygen atoms in total. The number of furan rings is 1. The topological polar surface area (TPSA) is 51.8 Å². The van der Waals surface area contributed by atoms with E-state index in [0.29, 0.717) is 17.5 Å². The highest BCUT2D eigenvalue weighted by Crippen LogP contribution is 2.43. The first kappa shape index (κ1) is 36.9. The highest BCUT2D eigenvalue weighted by molar-refractivity contribution is 6.26. The lowest BCUT2D eigenvalue weighted by atomic mass is 9.90. The molecule has 0 aliphatic rings. The van der Waals surface area contributed by atoms with Gasteiger partial charge in [0.25, 0.3) is 0 Å². The third kappa shape index (κ3) is 6.26. The average Bonchev–Trinajstić information content (AvgIpc) is 3.77. The van der Waals surface area contributed by atoms with E-state index in [4.69, 9.17) is 19.4 Å². The molecule has 13 rings (SSSR count). The van der Waals surface area contributed by atoms with Crippen molar-refractivity contribution in [1.82, 2.24) is 15.0 Å². The van der Waals surface area contributed by atoms with E-state index in [1.54, 1.807) is 0 Å². The van der Waals surface area contributed by atoms with Gasteiger partial charge in [-0.25, -0.2) is 15.0 Å². The second kappa shape index (κ2) is 15.0. The van der Waals surface area contributed by atoms with E-state index in [9.17, 15) is 0 Å². The Morgan fingerprint density at radius 1 is 0.231 bits per heavy atom. The SMILES string of the molecule is c1ccc(-c2cccc(-c3nc(-c4ccccc4)nc(-c4ccc(-c5ccc6c(c5)oc5c7ccccc7c(-c7ccc8c9ccccc9c9ccccc9c8c7)cc65)cc4)n3)c2)cc1. The summed E-state index contributed by atoms with van der Waals surface area (Å²) < 4.78 is 6.81. The molecule has 0 aliphatic heterocycles. The van der Waals surface area contributed by atoms with Crippen LogP contribution in [-0.2, 0) is 0 Å². The number of benzene rings is 11. The third-order valence-electron chi connectivity index (χ3n) is 12.9. The van der Waals surface area contributed by atoms with Crippen molar-refractivity contribution in [2.75, 3.05) is 0 Å². The van der Waals surface area contributed by atoms with Gasteiger partial charge in [-0.2, -0.15) is 0 Å². The van der Waals surface area contributed by atoms with Crippen LogP contribution in [0.15, 0.2) is 229 Å². The van der Waals surface area contributed by atoms with Crippen molar-refractivity contribution < 1.29 is 4.42 Å². The molecule has 13 aromatic rings. The number of rotatable bonds is 6. The van der Waals surface area contributed by atoms with Crippen LogP contribution in [0.4, 0.5) is 0 Å². The van der Waals surface area contributed by atoms with Crippen LogP contribution in [0.5, 0.6) is 0 Å². The van der Waals surface area contributed by atoms with Gasteiger partial charge in [-0.15, -0.1) is 0 Å². The van der Waals surface area contributed by atoms with E-state index >= 15 is 0 Å². The number of hydrogen-bond donors (Lipinski definition) is 0. The van der Waals surface area contributed by atoms with Crippen molar-refractivity contribution in [1.29, 1.82) is 0 Å². The Morgan fingerprint density at radius 3 is 1.34 bits per heavy atom. The summed E-state index contributed by atoms with van der Waals surface area (Å²) >= 11 is 0. The largest absolute Gasteiger partial charge is 0.455 e. The van der Waals surface area contributed by atoms with E-state index in [-0.39, 0.29) is 0 Å². The van der Waals surface area contributed by atoms with Gasteiger partial charge in [0.15, 0.2) is 17.5 Å². The molecule has 0 amide bonds. The van der Waals surface area contributed by atoms with E-state index in [0.717, 1.165) is 66.3 Å². The van der Waals surface area contributed by atoms with Crippen LogP contribution in [0, 0.1) is 0 Å². The van der Waals surface area contributed by atoms with Gasteiger partial charge >= 0.3 is 0 Å². The zero-order valence-electron chi connectivity index (χ0n) is 35.1.